The first-order chi connectivity index (χ1) is 10.6. The third kappa shape index (κ3) is 3.55. The number of hydrogen-bond donors (Lipinski definition) is 0. The van der Waals surface area contributed by atoms with E-state index in [9.17, 15) is 0 Å². The second-order valence-corrected chi connectivity index (χ2v) is 6.68. The van der Waals surface area contributed by atoms with Crippen molar-refractivity contribution in [1.82, 2.24) is 29.7 Å². The van der Waals surface area contributed by atoms with Gasteiger partial charge in [-0.3, -0.25) is 14.3 Å². The van der Waals surface area contributed by atoms with E-state index in [2.05, 4.69) is 52.0 Å². The molecule has 22 heavy (non-hydrogen) atoms. The van der Waals surface area contributed by atoms with Crippen molar-refractivity contribution in [2.75, 3.05) is 13.1 Å². The molecule has 0 bridgehead atoms. The van der Waals surface area contributed by atoms with Crippen LogP contribution in [0.25, 0.3) is 0 Å². The Morgan fingerprint density at radius 2 is 2.23 bits per heavy atom. The van der Waals surface area contributed by atoms with E-state index in [1.807, 2.05) is 10.9 Å². The largest absolute Gasteiger partial charge is 0.299 e. The molecule has 0 amide bonds. The Morgan fingerprint density at radius 1 is 1.36 bits per heavy atom. The number of rotatable bonds is 5. The molecule has 0 N–H and O–H groups in total. The molecule has 6 nitrogen and oxygen atoms in total. The molecule has 1 aliphatic heterocycles. The van der Waals surface area contributed by atoms with Crippen LogP contribution in [0, 0.1) is 12.8 Å². The van der Waals surface area contributed by atoms with Gasteiger partial charge in [0.05, 0.1) is 11.9 Å². The van der Waals surface area contributed by atoms with Gasteiger partial charge >= 0.3 is 0 Å². The lowest BCUT2D eigenvalue weighted by molar-refractivity contribution is 0.152. The quantitative estimate of drug-likeness (QED) is 0.850. The highest BCUT2D eigenvalue weighted by Gasteiger charge is 2.21. The van der Waals surface area contributed by atoms with Crippen LogP contribution in [0.1, 0.15) is 44.0 Å². The molecule has 1 saturated heterocycles. The molecular weight excluding hydrogens is 276 g/mol. The summed E-state index contributed by atoms with van der Waals surface area (Å²) < 4.78 is 4.03. The van der Waals surface area contributed by atoms with E-state index in [1.54, 1.807) is 6.20 Å². The molecule has 0 unspecified atom stereocenters. The predicted molar refractivity (Wildman–Crippen MR) is 85.4 cm³/mol. The summed E-state index contributed by atoms with van der Waals surface area (Å²) >= 11 is 0. The molecule has 0 aliphatic carbocycles. The highest BCUT2D eigenvalue weighted by molar-refractivity contribution is 5.15. The highest BCUT2D eigenvalue weighted by Crippen LogP contribution is 2.21. The minimum Gasteiger partial charge on any atom is -0.299 e. The number of aryl methyl sites for hydroxylation is 1. The topological polar surface area (TPSA) is 51.8 Å². The fourth-order valence-corrected chi connectivity index (χ4v) is 3.22. The number of hydrogen-bond acceptors (Lipinski definition) is 4. The zero-order chi connectivity index (χ0) is 15.5. The maximum atomic E-state index is 4.62. The van der Waals surface area contributed by atoms with Crippen LogP contribution < -0.4 is 0 Å². The molecule has 6 heteroatoms. The first-order valence-corrected chi connectivity index (χ1v) is 8.23. The highest BCUT2D eigenvalue weighted by atomic mass is 15.4. The van der Waals surface area contributed by atoms with Crippen LogP contribution in [0.4, 0.5) is 0 Å². The fourth-order valence-electron chi connectivity index (χ4n) is 3.22. The van der Waals surface area contributed by atoms with Crippen LogP contribution in [0.5, 0.6) is 0 Å². The van der Waals surface area contributed by atoms with Crippen molar-refractivity contribution in [2.24, 2.45) is 5.92 Å². The van der Waals surface area contributed by atoms with Gasteiger partial charge in [-0.25, -0.2) is 0 Å². The maximum absolute atomic E-state index is 4.62. The van der Waals surface area contributed by atoms with Crippen LogP contribution in [-0.2, 0) is 13.1 Å². The molecule has 1 fully saturated rings. The van der Waals surface area contributed by atoms with Crippen LogP contribution in [-0.4, -0.2) is 42.8 Å². The Kier molecular flexibility index (Phi) is 4.57. The molecule has 0 saturated carbocycles. The maximum Gasteiger partial charge on any atom is 0.0692 e. The summed E-state index contributed by atoms with van der Waals surface area (Å²) in [6, 6.07) is 0.425. The molecule has 0 aromatic carbocycles. The van der Waals surface area contributed by atoms with Gasteiger partial charge in [-0.05, 0) is 46.1 Å². The second-order valence-electron chi connectivity index (χ2n) is 6.68. The molecule has 0 spiro atoms. The first kappa shape index (κ1) is 15.2. The Bertz CT molecular complexity index is 586. The van der Waals surface area contributed by atoms with Crippen LogP contribution in [0.3, 0.4) is 0 Å². The van der Waals surface area contributed by atoms with E-state index in [1.165, 1.54) is 24.9 Å². The molecule has 1 atom stereocenters. The van der Waals surface area contributed by atoms with Gasteiger partial charge in [-0.2, -0.15) is 5.10 Å². The minimum absolute atomic E-state index is 0.425. The van der Waals surface area contributed by atoms with Crippen LogP contribution >= 0.6 is 0 Å². The zero-order valence-corrected chi connectivity index (χ0v) is 13.8. The Morgan fingerprint density at radius 3 is 2.91 bits per heavy atom. The average molecular weight is 302 g/mol. The van der Waals surface area contributed by atoms with E-state index in [4.69, 9.17) is 0 Å². The molecule has 3 rings (SSSR count). The van der Waals surface area contributed by atoms with Crippen molar-refractivity contribution in [3.05, 3.63) is 29.8 Å². The summed E-state index contributed by atoms with van der Waals surface area (Å²) in [4.78, 5) is 2.56. The second kappa shape index (κ2) is 6.60. The van der Waals surface area contributed by atoms with Crippen molar-refractivity contribution in [3.8, 4) is 0 Å². The summed E-state index contributed by atoms with van der Waals surface area (Å²) in [6.45, 7) is 10.8. The van der Waals surface area contributed by atoms with Gasteiger partial charge in [0.25, 0.3) is 0 Å². The molecule has 1 aliphatic rings. The monoisotopic (exact) mass is 302 g/mol. The van der Waals surface area contributed by atoms with Crippen molar-refractivity contribution >= 4 is 0 Å². The number of piperidine rings is 1. The van der Waals surface area contributed by atoms with Crippen molar-refractivity contribution in [2.45, 2.75) is 52.7 Å². The number of likely N-dealkylation sites (tertiary alicyclic amines) is 1. The lowest BCUT2D eigenvalue weighted by Gasteiger charge is -2.32. The van der Waals surface area contributed by atoms with Gasteiger partial charge in [-0.1, -0.05) is 5.21 Å². The lowest BCUT2D eigenvalue weighted by Crippen LogP contribution is -2.36. The van der Waals surface area contributed by atoms with Crippen LogP contribution in [0.2, 0.25) is 0 Å². The van der Waals surface area contributed by atoms with Gasteiger partial charge in [0.2, 0.25) is 0 Å². The first-order valence-electron chi connectivity index (χ1n) is 8.23. The molecule has 2 aromatic rings. The summed E-state index contributed by atoms with van der Waals surface area (Å²) in [7, 11) is 0. The molecule has 120 valence electrons. The fraction of sp³-hybridized carbons (Fsp3) is 0.688. The van der Waals surface area contributed by atoms with Crippen molar-refractivity contribution in [1.29, 1.82) is 0 Å². The summed E-state index contributed by atoms with van der Waals surface area (Å²) in [5.41, 5.74) is 2.52. The molecule has 2 aromatic heterocycles. The van der Waals surface area contributed by atoms with Gasteiger partial charge in [-0.15, -0.1) is 5.10 Å². The van der Waals surface area contributed by atoms with Crippen molar-refractivity contribution < 1.29 is 0 Å². The summed E-state index contributed by atoms with van der Waals surface area (Å²) in [5, 5.41) is 12.6. The van der Waals surface area contributed by atoms with E-state index in [-0.39, 0.29) is 0 Å². The van der Waals surface area contributed by atoms with Gasteiger partial charge in [0.15, 0.2) is 0 Å². The zero-order valence-electron chi connectivity index (χ0n) is 13.8. The molecule has 0 radical (unpaired) electrons. The smallest absolute Gasteiger partial charge is 0.0692 e. The minimum atomic E-state index is 0.425. The number of aromatic nitrogens is 5. The summed E-state index contributed by atoms with van der Waals surface area (Å²) in [5.74, 6) is 0.663. The van der Waals surface area contributed by atoms with Gasteiger partial charge in [0, 0.05) is 43.6 Å². The normalized spacial score (nSPS) is 19.9. The Balaban J connectivity index is 1.60. The predicted octanol–water partition coefficient (Wildman–Crippen LogP) is 2.28. The third-order valence-electron chi connectivity index (χ3n) is 4.46. The lowest BCUT2D eigenvalue weighted by atomic mass is 9.97. The van der Waals surface area contributed by atoms with Crippen LogP contribution in [0.15, 0.2) is 18.6 Å². The van der Waals surface area contributed by atoms with E-state index in [0.717, 1.165) is 25.3 Å². The van der Waals surface area contributed by atoms with E-state index >= 15 is 0 Å². The van der Waals surface area contributed by atoms with E-state index in [0.29, 0.717) is 12.0 Å². The Labute approximate surface area is 132 Å². The Hall–Kier alpha value is -1.69. The van der Waals surface area contributed by atoms with Gasteiger partial charge < -0.3 is 0 Å². The third-order valence-corrected chi connectivity index (χ3v) is 4.46. The molecular formula is C16H26N6. The van der Waals surface area contributed by atoms with E-state index < -0.39 is 0 Å². The average Bonchev–Trinajstić information content (AvgIpc) is 3.10. The SMILES string of the molecule is Cc1nn(C(C)C)cc1CN1CCC[C@@H](Cn2ccnn2)C1. The van der Waals surface area contributed by atoms with Crippen molar-refractivity contribution in [3.63, 3.8) is 0 Å². The molecule has 3 heterocycles. The number of nitrogens with zero attached hydrogens (tertiary/aromatic N) is 6. The standard InChI is InChI=1S/C16H26N6/c1-13(2)22-12-16(14(3)18-22)11-20-7-4-5-15(9-20)10-21-8-6-17-19-21/h6,8,12-13,15H,4-5,7,9-11H2,1-3H3/t15-/m1/s1. The van der Waals surface area contributed by atoms with Gasteiger partial charge in [0.1, 0.15) is 0 Å². The summed E-state index contributed by atoms with van der Waals surface area (Å²) in [6.07, 6.45) is 8.46.